The number of hydrogen-bond donors (Lipinski definition) is 1. The van der Waals surface area contributed by atoms with Gasteiger partial charge in [0.15, 0.2) is 0 Å². The topological polar surface area (TPSA) is 65.0 Å². The fraction of sp³-hybridized carbons (Fsp3) is 0.615. The summed E-state index contributed by atoms with van der Waals surface area (Å²) in [5.41, 5.74) is 1.71. The Kier molecular flexibility index (Phi) is 13.4. The minimum absolute atomic E-state index is 0.0242. The lowest BCUT2D eigenvalue weighted by atomic mass is 9.61. The summed E-state index contributed by atoms with van der Waals surface area (Å²) in [6.07, 6.45) is 7.96. The number of aliphatic hydroxyl groups excluding tert-OH is 1. The van der Waals surface area contributed by atoms with Crippen LogP contribution in [-0.4, -0.2) is 38.0 Å². The molecule has 2 atom stereocenters. The fourth-order valence-electron chi connectivity index (χ4n) is 5.91. The SMILES string of the molecule is CCCCCc1ccc(-c2cc3ccc(OCC(CO)CCCCOC(=O)C(C)(CC(C)(C)C)C(C)(C)C)cc3s2)c(OC)c1. The summed E-state index contributed by atoms with van der Waals surface area (Å²) in [5, 5.41) is 11.2. The van der Waals surface area contributed by atoms with Gasteiger partial charge in [-0.3, -0.25) is 4.79 Å². The van der Waals surface area contributed by atoms with E-state index in [4.69, 9.17) is 14.2 Å². The van der Waals surface area contributed by atoms with E-state index in [1.54, 1.807) is 18.4 Å². The number of unbranched alkanes of at least 4 members (excludes halogenated alkanes) is 3. The Hall–Kier alpha value is -2.57. The van der Waals surface area contributed by atoms with Crippen molar-refractivity contribution in [2.24, 2.45) is 22.2 Å². The fourth-order valence-corrected chi connectivity index (χ4v) is 7.03. The summed E-state index contributed by atoms with van der Waals surface area (Å²) < 4.78 is 18.9. The van der Waals surface area contributed by atoms with Crippen LogP contribution in [0, 0.1) is 22.2 Å². The second-order valence-corrected chi connectivity index (χ2v) is 16.2. The third-order valence-electron chi connectivity index (χ3n) is 9.07. The molecule has 0 saturated carbocycles. The summed E-state index contributed by atoms with van der Waals surface area (Å²) >= 11 is 1.74. The molecule has 0 saturated heterocycles. The van der Waals surface area contributed by atoms with Gasteiger partial charge in [-0.05, 0) is 104 Å². The van der Waals surface area contributed by atoms with Gasteiger partial charge in [0.1, 0.15) is 11.5 Å². The minimum Gasteiger partial charge on any atom is -0.496 e. The Bertz CT molecular complexity index is 1360. The molecule has 0 fully saturated rings. The Balaban J connectivity index is 1.52. The highest BCUT2D eigenvalue weighted by molar-refractivity contribution is 7.22. The van der Waals surface area contributed by atoms with Crippen LogP contribution in [-0.2, 0) is 16.0 Å². The number of methoxy groups -OCH3 is 1. The summed E-state index contributed by atoms with van der Waals surface area (Å²) in [4.78, 5) is 14.4. The van der Waals surface area contributed by atoms with E-state index >= 15 is 0 Å². The molecule has 1 N–H and O–H groups in total. The van der Waals surface area contributed by atoms with Gasteiger partial charge in [0.25, 0.3) is 0 Å². The van der Waals surface area contributed by atoms with Gasteiger partial charge in [0.2, 0.25) is 0 Å². The van der Waals surface area contributed by atoms with Crippen molar-refractivity contribution in [1.29, 1.82) is 0 Å². The van der Waals surface area contributed by atoms with Crippen molar-refractivity contribution in [3.8, 4) is 21.9 Å². The van der Waals surface area contributed by atoms with Crippen molar-refractivity contribution in [3.63, 3.8) is 0 Å². The Morgan fingerprint density at radius 1 is 0.933 bits per heavy atom. The first-order valence-electron chi connectivity index (χ1n) is 16.8. The number of carbonyl (C=O) groups excluding carboxylic acids is 1. The van der Waals surface area contributed by atoms with E-state index in [2.05, 4.69) is 84.9 Å². The van der Waals surface area contributed by atoms with E-state index in [1.807, 2.05) is 13.0 Å². The maximum Gasteiger partial charge on any atom is 0.312 e. The van der Waals surface area contributed by atoms with Crippen LogP contribution in [0.1, 0.15) is 106 Å². The third-order valence-corrected chi connectivity index (χ3v) is 10.2. The zero-order valence-electron chi connectivity index (χ0n) is 29.4. The first-order valence-corrected chi connectivity index (χ1v) is 17.6. The van der Waals surface area contributed by atoms with E-state index in [9.17, 15) is 9.90 Å². The Morgan fingerprint density at radius 3 is 2.33 bits per heavy atom. The molecular formula is C39H58O5S. The van der Waals surface area contributed by atoms with Crippen LogP contribution >= 0.6 is 11.3 Å². The maximum atomic E-state index is 13.2. The van der Waals surface area contributed by atoms with E-state index in [-0.39, 0.29) is 29.3 Å². The van der Waals surface area contributed by atoms with Crippen LogP contribution in [0.15, 0.2) is 42.5 Å². The number of fused-ring (bicyclic) bond motifs is 1. The minimum atomic E-state index is -0.554. The van der Waals surface area contributed by atoms with Crippen LogP contribution < -0.4 is 9.47 Å². The molecule has 2 unspecified atom stereocenters. The van der Waals surface area contributed by atoms with Gasteiger partial charge in [-0.15, -0.1) is 11.3 Å². The standard InChI is InChI=1S/C39H58O5S/c1-10-11-12-15-28-17-20-32(33(22-28)42-9)35-23-30-18-19-31(24-34(30)45-35)44-26-29(25-40)16-13-14-21-43-36(41)39(8,38(5,6)7)27-37(2,3)4/h17-20,22-24,29,40H,10-16,21,25-27H2,1-9H3. The molecule has 0 spiro atoms. The number of rotatable bonds is 17. The second-order valence-electron chi connectivity index (χ2n) is 15.1. The molecule has 1 aromatic heterocycles. The third kappa shape index (κ3) is 10.5. The number of aryl methyl sites for hydroxylation is 1. The van der Waals surface area contributed by atoms with E-state index < -0.39 is 5.41 Å². The predicted octanol–water partition coefficient (Wildman–Crippen LogP) is 10.5. The molecule has 0 aliphatic rings. The first-order chi connectivity index (χ1) is 21.2. The number of carbonyl (C=O) groups is 1. The highest BCUT2D eigenvalue weighted by Gasteiger charge is 2.47. The molecule has 2 aromatic carbocycles. The summed E-state index contributed by atoms with van der Waals surface area (Å²) in [7, 11) is 1.74. The van der Waals surface area contributed by atoms with Crippen LogP contribution in [0.4, 0.5) is 0 Å². The molecule has 1 heterocycles. The monoisotopic (exact) mass is 638 g/mol. The quantitative estimate of drug-likeness (QED) is 0.118. The molecule has 0 bridgehead atoms. The molecule has 0 amide bonds. The number of benzene rings is 2. The number of esters is 1. The predicted molar refractivity (Wildman–Crippen MR) is 190 cm³/mol. The molecule has 3 aromatic rings. The van der Waals surface area contributed by atoms with Crippen molar-refractivity contribution >= 4 is 27.4 Å². The van der Waals surface area contributed by atoms with Gasteiger partial charge in [-0.2, -0.15) is 0 Å². The van der Waals surface area contributed by atoms with E-state index in [0.717, 1.165) is 53.9 Å². The van der Waals surface area contributed by atoms with Gasteiger partial charge in [-0.1, -0.05) is 67.4 Å². The van der Waals surface area contributed by atoms with Gasteiger partial charge in [0.05, 0.1) is 25.7 Å². The van der Waals surface area contributed by atoms with Gasteiger partial charge in [-0.25, -0.2) is 0 Å². The summed E-state index contributed by atoms with van der Waals surface area (Å²) in [5.74, 6) is 1.63. The van der Waals surface area contributed by atoms with Crippen molar-refractivity contribution in [3.05, 3.63) is 48.0 Å². The molecule has 0 aliphatic heterocycles. The van der Waals surface area contributed by atoms with Crippen LogP contribution in [0.2, 0.25) is 0 Å². The number of aliphatic hydroxyl groups is 1. The summed E-state index contributed by atoms with van der Waals surface area (Å²) in [6, 6.07) is 15.0. The largest absolute Gasteiger partial charge is 0.496 e. The Labute approximate surface area is 276 Å². The molecular weight excluding hydrogens is 580 g/mol. The molecule has 250 valence electrons. The van der Waals surface area contributed by atoms with Crippen molar-refractivity contribution in [2.45, 2.75) is 107 Å². The maximum absolute atomic E-state index is 13.2. The average molecular weight is 639 g/mol. The van der Waals surface area contributed by atoms with Crippen molar-refractivity contribution in [2.75, 3.05) is 26.9 Å². The number of hydrogen-bond acceptors (Lipinski definition) is 6. The molecule has 3 rings (SSSR count). The highest BCUT2D eigenvalue weighted by Crippen LogP contribution is 2.47. The van der Waals surface area contributed by atoms with Gasteiger partial charge >= 0.3 is 5.97 Å². The molecule has 45 heavy (non-hydrogen) atoms. The normalized spacial score (nSPS) is 14.3. The van der Waals surface area contributed by atoms with Gasteiger partial charge < -0.3 is 19.3 Å². The summed E-state index contributed by atoms with van der Waals surface area (Å²) in [6.45, 7) is 18.0. The lowest BCUT2D eigenvalue weighted by Gasteiger charge is -2.43. The molecule has 6 heteroatoms. The zero-order chi connectivity index (χ0) is 33.3. The average Bonchev–Trinajstić information content (AvgIpc) is 3.40. The molecule has 0 aliphatic carbocycles. The number of ether oxygens (including phenoxy) is 3. The molecule has 5 nitrogen and oxygen atoms in total. The second kappa shape index (κ2) is 16.3. The first kappa shape index (κ1) is 36.9. The lowest BCUT2D eigenvalue weighted by molar-refractivity contribution is -0.165. The highest BCUT2D eigenvalue weighted by atomic mass is 32.1. The Morgan fingerprint density at radius 2 is 1.69 bits per heavy atom. The van der Waals surface area contributed by atoms with Crippen LogP contribution in [0.3, 0.4) is 0 Å². The van der Waals surface area contributed by atoms with Crippen molar-refractivity contribution < 1.29 is 24.1 Å². The van der Waals surface area contributed by atoms with Crippen LogP contribution in [0.25, 0.3) is 20.5 Å². The van der Waals surface area contributed by atoms with Crippen LogP contribution in [0.5, 0.6) is 11.5 Å². The number of thiophene rings is 1. The van der Waals surface area contributed by atoms with Gasteiger partial charge in [0, 0.05) is 27.7 Å². The smallest absolute Gasteiger partial charge is 0.312 e. The van der Waals surface area contributed by atoms with E-state index in [0.29, 0.717) is 13.2 Å². The lowest BCUT2D eigenvalue weighted by Crippen LogP contribution is -2.44. The van der Waals surface area contributed by atoms with Crippen molar-refractivity contribution in [1.82, 2.24) is 0 Å². The molecule has 0 radical (unpaired) electrons. The zero-order valence-corrected chi connectivity index (χ0v) is 30.2. The van der Waals surface area contributed by atoms with E-state index in [1.165, 1.54) is 35.1 Å².